The molecule has 6 nitrogen and oxygen atoms in total. The lowest BCUT2D eigenvalue weighted by atomic mass is 10.1. The number of hydrogen-bond donors (Lipinski definition) is 1. The van der Waals surface area contributed by atoms with Gasteiger partial charge in [0.05, 0.1) is 22.0 Å². The van der Waals surface area contributed by atoms with E-state index in [4.69, 9.17) is 0 Å². The summed E-state index contributed by atoms with van der Waals surface area (Å²) >= 11 is 0. The molecule has 0 aliphatic carbocycles. The fraction of sp³-hybridized carbons (Fsp3) is 0.143. The van der Waals surface area contributed by atoms with E-state index in [1.165, 1.54) is 4.90 Å². The van der Waals surface area contributed by atoms with E-state index in [1.807, 2.05) is 42.5 Å². The number of H-pyrrole nitrogens is 1. The van der Waals surface area contributed by atoms with Crippen LogP contribution < -0.4 is 5.56 Å². The highest BCUT2D eigenvalue weighted by Gasteiger charge is 2.34. The molecule has 1 aliphatic rings. The Bertz CT molecular complexity index is 1490. The zero-order chi connectivity index (χ0) is 23.5. The zero-order valence-corrected chi connectivity index (χ0v) is 18.4. The number of fused-ring (bicyclic) bond motifs is 2. The van der Waals surface area contributed by atoms with Crippen molar-refractivity contribution >= 4 is 22.7 Å². The number of para-hydroxylation sites is 1. The molecule has 2 amide bonds. The molecule has 0 spiro atoms. The first-order valence-corrected chi connectivity index (χ1v) is 11.2. The van der Waals surface area contributed by atoms with Crippen LogP contribution in [0.1, 0.15) is 45.5 Å². The van der Waals surface area contributed by atoms with Crippen molar-refractivity contribution in [2.75, 3.05) is 6.54 Å². The van der Waals surface area contributed by atoms with Crippen molar-refractivity contribution in [2.45, 2.75) is 19.3 Å². The third-order valence-corrected chi connectivity index (χ3v) is 5.82. The summed E-state index contributed by atoms with van der Waals surface area (Å²) < 4.78 is 0. The lowest BCUT2D eigenvalue weighted by molar-refractivity contribution is 0.0652. The number of aromatic nitrogens is 2. The molecule has 4 aromatic rings. The lowest BCUT2D eigenvalue weighted by Gasteiger charge is -2.12. The molecule has 0 saturated heterocycles. The number of nitrogens with one attached hydrogen (secondary N) is 1. The van der Waals surface area contributed by atoms with Gasteiger partial charge in [-0.1, -0.05) is 48.2 Å². The van der Waals surface area contributed by atoms with E-state index in [0.29, 0.717) is 47.2 Å². The van der Waals surface area contributed by atoms with Crippen LogP contribution in [0.25, 0.3) is 22.3 Å². The molecule has 166 valence electrons. The molecule has 0 fully saturated rings. The number of benzene rings is 3. The van der Waals surface area contributed by atoms with Gasteiger partial charge in [0, 0.05) is 24.1 Å². The van der Waals surface area contributed by atoms with Gasteiger partial charge in [0.1, 0.15) is 5.82 Å². The average molecular weight is 447 g/mol. The fourth-order valence-corrected chi connectivity index (χ4v) is 4.02. The summed E-state index contributed by atoms with van der Waals surface area (Å²) in [6.07, 6.45) is 2.17. The summed E-state index contributed by atoms with van der Waals surface area (Å²) in [5, 5.41) is 0.566. The molecule has 1 N–H and O–H groups in total. The van der Waals surface area contributed by atoms with Crippen molar-refractivity contribution in [3.05, 3.63) is 99.8 Å². The molecule has 0 saturated carbocycles. The Hall–Kier alpha value is -4.50. The fourth-order valence-electron chi connectivity index (χ4n) is 4.02. The van der Waals surface area contributed by atoms with Gasteiger partial charge >= 0.3 is 0 Å². The molecule has 3 aromatic carbocycles. The minimum atomic E-state index is -0.214. The Labute approximate surface area is 196 Å². The number of aromatic amines is 1. The predicted octanol–water partition coefficient (Wildman–Crippen LogP) is 4.41. The van der Waals surface area contributed by atoms with E-state index in [1.54, 1.807) is 30.3 Å². The predicted molar refractivity (Wildman–Crippen MR) is 130 cm³/mol. The van der Waals surface area contributed by atoms with Gasteiger partial charge < -0.3 is 4.98 Å². The highest BCUT2D eigenvalue weighted by Crippen LogP contribution is 2.22. The third kappa shape index (κ3) is 4.12. The summed E-state index contributed by atoms with van der Waals surface area (Å²) in [4.78, 5) is 45.7. The minimum Gasteiger partial charge on any atom is -0.306 e. The van der Waals surface area contributed by atoms with Gasteiger partial charge in [-0.05, 0) is 49.2 Å². The second kappa shape index (κ2) is 9.16. The molecule has 1 aromatic heterocycles. The van der Waals surface area contributed by atoms with Gasteiger partial charge in [0.2, 0.25) is 0 Å². The monoisotopic (exact) mass is 447 g/mol. The second-order valence-corrected chi connectivity index (χ2v) is 8.08. The van der Waals surface area contributed by atoms with Crippen LogP contribution in [0.3, 0.4) is 0 Å². The maximum atomic E-state index is 12.4. The number of carbonyl (C=O) groups excluding carboxylic acids is 2. The molecule has 34 heavy (non-hydrogen) atoms. The SMILES string of the molecule is O=C1c2ccccc2C(=O)N1CCCCC#Cc1ccc(-c2nc3ccccc3c(=O)[nH]2)cc1. The Morgan fingerprint density at radius 1 is 0.794 bits per heavy atom. The van der Waals surface area contributed by atoms with E-state index in [9.17, 15) is 14.4 Å². The largest absolute Gasteiger partial charge is 0.306 e. The molecule has 0 radical (unpaired) electrons. The normalized spacial score (nSPS) is 12.5. The molecule has 0 unspecified atom stereocenters. The van der Waals surface area contributed by atoms with E-state index < -0.39 is 0 Å². The first-order chi connectivity index (χ1) is 16.6. The van der Waals surface area contributed by atoms with Crippen LogP contribution >= 0.6 is 0 Å². The molecular weight excluding hydrogens is 426 g/mol. The second-order valence-electron chi connectivity index (χ2n) is 8.08. The summed E-state index contributed by atoms with van der Waals surface area (Å²) in [7, 11) is 0. The Morgan fingerprint density at radius 2 is 1.47 bits per heavy atom. The number of unbranched alkanes of at least 4 members (excludes halogenated alkanes) is 2. The van der Waals surface area contributed by atoms with Crippen molar-refractivity contribution in [3.63, 3.8) is 0 Å². The third-order valence-electron chi connectivity index (χ3n) is 5.82. The van der Waals surface area contributed by atoms with Crippen LogP contribution in [0.4, 0.5) is 0 Å². The van der Waals surface area contributed by atoms with E-state index in [2.05, 4.69) is 21.8 Å². The van der Waals surface area contributed by atoms with Crippen molar-refractivity contribution < 1.29 is 9.59 Å². The zero-order valence-electron chi connectivity index (χ0n) is 18.4. The molecule has 6 heteroatoms. The number of rotatable bonds is 5. The summed E-state index contributed by atoms with van der Waals surface area (Å²) in [6.45, 7) is 0.402. The molecule has 0 bridgehead atoms. The number of carbonyl (C=O) groups is 2. The first-order valence-electron chi connectivity index (χ1n) is 11.2. The van der Waals surface area contributed by atoms with Crippen LogP contribution in [-0.4, -0.2) is 33.2 Å². The van der Waals surface area contributed by atoms with Gasteiger partial charge in [-0.25, -0.2) is 4.98 Å². The maximum absolute atomic E-state index is 12.4. The van der Waals surface area contributed by atoms with Crippen molar-refractivity contribution in [1.29, 1.82) is 0 Å². The number of amides is 2. The van der Waals surface area contributed by atoms with Gasteiger partial charge in [-0.2, -0.15) is 0 Å². The van der Waals surface area contributed by atoms with Gasteiger partial charge in [-0.3, -0.25) is 19.3 Å². The summed E-state index contributed by atoms with van der Waals surface area (Å²) in [5.41, 5.74) is 3.15. The minimum absolute atomic E-state index is 0.161. The maximum Gasteiger partial charge on any atom is 0.261 e. The highest BCUT2D eigenvalue weighted by molar-refractivity contribution is 6.21. The Balaban J connectivity index is 1.16. The quantitative estimate of drug-likeness (QED) is 0.279. The number of imide groups is 1. The molecule has 5 rings (SSSR count). The Kier molecular flexibility index (Phi) is 5.75. The van der Waals surface area contributed by atoms with Gasteiger partial charge in [0.15, 0.2) is 0 Å². The van der Waals surface area contributed by atoms with Crippen LogP contribution in [0.2, 0.25) is 0 Å². The molecule has 1 aliphatic heterocycles. The van der Waals surface area contributed by atoms with Crippen LogP contribution in [-0.2, 0) is 0 Å². The van der Waals surface area contributed by atoms with Gasteiger partial charge in [-0.15, -0.1) is 0 Å². The highest BCUT2D eigenvalue weighted by atomic mass is 16.2. The Morgan fingerprint density at radius 3 is 2.21 bits per heavy atom. The molecule has 0 atom stereocenters. The standard InChI is InChI=1S/C28H21N3O3/c32-26-23-12-6-7-13-24(23)29-25(30-26)20-16-14-19(15-17-20)9-3-1-2-8-18-31-27(33)21-10-4-5-11-22(21)28(31)34/h4-7,10-17H,1-2,8,18H2,(H,29,30,32). The van der Waals surface area contributed by atoms with Crippen LogP contribution in [0, 0.1) is 11.8 Å². The van der Waals surface area contributed by atoms with E-state index in [-0.39, 0.29) is 17.4 Å². The molecular formula is C28H21N3O3. The molecule has 2 heterocycles. The van der Waals surface area contributed by atoms with Crippen molar-refractivity contribution in [2.24, 2.45) is 0 Å². The van der Waals surface area contributed by atoms with Crippen molar-refractivity contribution in [3.8, 4) is 23.2 Å². The number of hydrogen-bond acceptors (Lipinski definition) is 4. The lowest BCUT2D eigenvalue weighted by Crippen LogP contribution is -2.30. The van der Waals surface area contributed by atoms with Crippen LogP contribution in [0.15, 0.2) is 77.6 Å². The smallest absolute Gasteiger partial charge is 0.261 e. The summed E-state index contributed by atoms with van der Waals surface area (Å²) in [5.74, 6) is 6.38. The van der Waals surface area contributed by atoms with E-state index >= 15 is 0 Å². The van der Waals surface area contributed by atoms with Crippen LogP contribution in [0.5, 0.6) is 0 Å². The first kappa shape index (κ1) is 21.4. The van der Waals surface area contributed by atoms with Gasteiger partial charge in [0.25, 0.3) is 17.4 Å². The van der Waals surface area contributed by atoms with E-state index in [0.717, 1.165) is 17.5 Å². The summed E-state index contributed by atoms with van der Waals surface area (Å²) in [6, 6.07) is 21.8. The topological polar surface area (TPSA) is 83.1 Å². The number of nitrogens with zero attached hydrogens (tertiary/aromatic N) is 2. The van der Waals surface area contributed by atoms with Crippen molar-refractivity contribution in [1.82, 2.24) is 14.9 Å². The average Bonchev–Trinajstić information content (AvgIpc) is 3.11.